The predicted octanol–water partition coefficient (Wildman–Crippen LogP) is 3.09. The number of hydrogen-bond acceptors (Lipinski definition) is 6. The van der Waals surface area contributed by atoms with Gasteiger partial charge in [0.15, 0.2) is 6.10 Å². The molecule has 0 saturated heterocycles. The molecule has 9 heteroatoms. The highest BCUT2D eigenvalue weighted by Gasteiger charge is 2.30. The fourth-order valence-electron chi connectivity index (χ4n) is 2.53. The Hall–Kier alpha value is -2.42. The fraction of sp³-hybridized carbons (Fsp3) is 0.300. The average Bonchev–Trinajstić information content (AvgIpc) is 2.72. The quantitative estimate of drug-likeness (QED) is 0.501. The molecular formula is C20H22ClNO6S. The summed E-state index contributed by atoms with van der Waals surface area (Å²) >= 11 is 5.91. The lowest BCUT2D eigenvalue weighted by atomic mass is 9.93. The molecule has 0 aliphatic carbocycles. The van der Waals surface area contributed by atoms with Crippen LogP contribution in [0.4, 0.5) is 0 Å². The van der Waals surface area contributed by atoms with E-state index >= 15 is 0 Å². The van der Waals surface area contributed by atoms with Gasteiger partial charge in [-0.3, -0.25) is 0 Å². The Morgan fingerprint density at radius 3 is 2.24 bits per heavy atom. The van der Waals surface area contributed by atoms with Gasteiger partial charge in [0.2, 0.25) is 0 Å². The molecular weight excluding hydrogens is 418 g/mol. The van der Waals surface area contributed by atoms with Gasteiger partial charge in [0, 0.05) is 10.9 Å². The third-order valence-corrected chi connectivity index (χ3v) is 5.71. The van der Waals surface area contributed by atoms with Crippen LogP contribution in [0.2, 0.25) is 5.02 Å². The molecule has 0 heterocycles. The Labute approximate surface area is 175 Å². The molecule has 0 unspecified atom stereocenters. The zero-order chi connectivity index (χ0) is 21.6. The molecule has 2 aromatic carbocycles. The minimum Gasteiger partial charge on any atom is -0.497 e. The lowest BCUT2D eigenvalue weighted by Crippen LogP contribution is -2.35. The molecule has 0 saturated carbocycles. The highest BCUT2D eigenvalue weighted by Crippen LogP contribution is 2.22. The van der Waals surface area contributed by atoms with E-state index in [-0.39, 0.29) is 17.2 Å². The predicted molar refractivity (Wildman–Crippen MR) is 110 cm³/mol. The monoisotopic (exact) mass is 439 g/mol. The second-order valence-electron chi connectivity index (χ2n) is 6.12. The molecule has 0 radical (unpaired) electrons. The molecule has 29 heavy (non-hydrogen) atoms. The fourth-order valence-corrected chi connectivity index (χ4v) is 3.77. The van der Waals surface area contributed by atoms with Gasteiger partial charge in [0.05, 0.1) is 24.3 Å². The average molecular weight is 440 g/mol. The van der Waals surface area contributed by atoms with Crippen molar-refractivity contribution < 1.29 is 27.8 Å². The normalized spacial score (nSPS) is 14.2. The number of halogens is 1. The number of nitrogens with zero attached hydrogens (tertiary/aromatic N) is 1. The Balaban J connectivity index is 2.53. The van der Waals surface area contributed by atoms with Crippen molar-refractivity contribution in [3.05, 3.63) is 59.1 Å². The minimum atomic E-state index is -4.12. The summed E-state index contributed by atoms with van der Waals surface area (Å²) in [4.78, 5) is 11.9. The molecule has 2 rings (SSSR count). The van der Waals surface area contributed by atoms with Crippen LogP contribution in [0.1, 0.15) is 19.4 Å². The van der Waals surface area contributed by atoms with Crippen LogP contribution in [0.25, 0.3) is 0 Å². The summed E-state index contributed by atoms with van der Waals surface area (Å²) in [5.41, 5.74) is 0.417. The molecule has 0 spiro atoms. The Morgan fingerprint density at radius 1 is 1.14 bits per heavy atom. The molecule has 156 valence electrons. The second kappa shape index (κ2) is 9.87. The molecule has 7 nitrogen and oxygen atoms in total. The smallest absolute Gasteiger partial charge is 0.335 e. The number of methoxy groups -OCH3 is 1. The van der Waals surface area contributed by atoms with Crippen molar-refractivity contribution in [3.63, 3.8) is 0 Å². The summed E-state index contributed by atoms with van der Waals surface area (Å²) < 4.78 is 39.5. The van der Waals surface area contributed by atoms with Crippen LogP contribution < -0.4 is 4.74 Å². The van der Waals surface area contributed by atoms with Gasteiger partial charge < -0.3 is 14.6 Å². The number of esters is 1. The summed E-state index contributed by atoms with van der Waals surface area (Å²) in [6, 6.07) is 12.0. The van der Waals surface area contributed by atoms with Crippen LogP contribution in [0, 0.1) is 5.92 Å². The molecule has 2 aromatic rings. The standard InChI is InChI=1S/C20H22ClNO6S/c1-4-28-20(24)19(23)13(2)18(14-5-7-15(21)8-6-14)22-29(25,26)17-11-9-16(27-3)10-12-17/h5-13,19,23H,4H2,1-3H3/b22-18+/t13-,19-/m0/s1. The summed E-state index contributed by atoms with van der Waals surface area (Å²) in [7, 11) is -2.65. The van der Waals surface area contributed by atoms with Gasteiger partial charge in [-0.1, -0.05) is 30.7 Å². The molecule has 0 bridgehead atoms. The highest BCUT2D eigenvalue weighted by atomic mass is 35.5. The SMILES string of the molecule is CCOC(=O)[C@@H](O)[C@@H](C)/C(=N\S(=O)(=O)c1ccc(OC)cc1)c1ccc(Cl)cc1. The molecule has 0 aromatic heterocycles. The first kappa shape index (κ1) is 22.9. The highest BCUT2D eigenvalue weighted by molar-refractivity contribution is 7.90. The number of sulfonamides is 1. The van der Waals surface area contributed by atoms with Gasteiger partial charge in [-0.25, -0.2) is 4.79 Å². The van der Waals surface area contributed by atoms with Crippen molar-refractivity contribution in [1.82, 2.24) is 0 Å². The summed E-state index contributed by atoms with van der Waals surface area (Å²) in [6.45, 7) is 3.19. The van der Waals surface area contributed by atoms with E-state index in [0.717, 1.165) is 0 Å². The molecule has 0 fully saturated rings. The maximum absolute atomic E-state index is 12.9. The van der Waals surface area contributed by atoms with E-state index in [4.69, 9.17) is 21.1 Å². The first-order valence-corrected chi connectivity index (χ1v) is 10.6. The van der Waals surface area contributed by atoms with Crippen molar-refractivity contribution in [2.24, 2.45) is 10.3 Å². The first-order valence-electron chi connectivity index (χ1n) is 8.79. The van der Waals surface area contributed by atoms with E-state index in [2.05, 4.69) is 4.40 Å². The van der Waals surface area contributed by atoms with Gasteiger partial charge in [0.25, 0.3) is 10.0 Å². The van der Waals surface area contributed by atoms with Crippen molar-refractivity contribution in [3.8, 4) is 5.75 Å². The van der Waals surface area contributed by atoms with Gasteiger partial charge in [-0.15, -0.1) is 0 Å². The number of rotatable bonds is 8. The van der Waals surface area contributed by atoms with Gasteiger partial charge in [-0.05, 0) is 48.9 Å². The Bertz CT molecular complexity index is 971. The third kappa shape index (κ3) is 5.79. The van der Waals surface area contributed by atoms with E-state index in [1.54, 1.807) is 31.2 Å². The second-order valence-corrected chi connectivity index (χ2v) is 8.16. The number of carbonyl (C=O) groups is 1. The maximum atomic E-state index is 12.9. The Kier molecular flexibility index (Phi) is 7.78. The van der Waals surface area contributed by atoms with Crippen LogP contribution in [0.5, 0.6) is 5.75 Å². The van der Waals surface area contributed by atoms with Crippen LogP contribution in [-0.2, 0) is 19.6 Å². The third-order valence-electron chi connectivity index (χ3n) is 4.15. The zero-order valence-corrected chi connectivity index (χ0v) is 17.8. The maximum Gasteiger partial charge on any atom is 0.335 e. The van der Waals surface area contributed by atoms with E-state index in [1.807, 2.05) is 0 Å². The zero-order valence-electron chi connectivity index (χ0n) is 16.2. The van der Waals surface area contributed by atoms with Crippen LogP contribution >= 0.6 is 11.6 Å². The molecule has 2 atom stereocenters. The van der Waals surface area contributed by atoms with Crippen LogP contribution in [-0.4, -0.2) is 45.0 Å². The number of aliphatic hydroxyl groups excluding tert-OH is 1. The molecule has 0 amide bonds. The van der Waals surface area contributed by atoms with Crippen LogP contribution in [0.15, 0.2) is 57.8 Å². The molecule has 1 N–H and O–H groups in total. The van der Waals surface area contributed by atoms with E-state index in [0.29, 0.717) is 16.3 Å². The molecule has 0 aliphatic rings. The lowest BCUT2D eigenvalue weighted by molar-refractivity contribution is -0.154. The van der Waals surface area contributed by atoms with Crippen molar-refractivity contribution >= 4 is 33.3 Å². The van der Waals surface area contributed by atoms with Crippen molar-refractivity contribution in [2.75, 3.05) is 13.7 Å². The van der Waals surface area contributed by atoms with Gasteiger partial charge in [-0.2, -0.15) is 12.8 Å². The number of benzene rings is 2. The summed E-state index contributed by atoms with van der Waals surface area (Å²) in [5, 5.41) is 10.8. The number of carbonyl (C=O) groups excluding carboxylic acids is 1. The van der Waals surface area contributed by atoms with Crippen molar-refractivity contribution in [1.29, 1.82) is 0 Å². The van der Waals surface area contributed by atoms with E-state index in [1.165, 1.54) is 38.3 Å². The van der Waals surface area contributed by atoms with Crippen LogP contribution in [0.3, 0.4) is 0 Å². The van der Waals surface area contributed by atoms with E-state index in [9.17, 15) is 18.3 Å². The molecule has 0 aliphatic heterocycles. The lowest BCUT2D eigenvalue weighted by Gasteiger charge is -2.20. The van der Waals surface area contributed by atoms with Gasteiger partial charge >= 0.3 is 5.97 Å². The number of aliphatic hydroxyl groups is 1. The summed E-state index contributed by atoms with van der Waals surface area (Å²) in [5.74, 6) is -1.32. The van der Waals surface area contributed by atoms with E-state index < -0.39 is 28.0 Å². The topological polar surface area (TPSA) is 102 Å². The van der Waals surface area contributed by atoms with Gasteiger partial charge in [0.1, 0.15) is 5.75 Å². The minimum absolute atomic E-state index is 0.0121. The number of hydrogen-bond donors (Lipinski definition) is 1. The number of ether oxygens (including phenoxy) is 2. The summed E-state index contributed by atoms with van der Waals surface area (Å²) in [6.07, 6.45) is -1.59. The van der Waals surface area contributed by atoms with Crippen molar-refractivity contribution in [2.45, 2.75) is 24.8 Å². The largest absolute Gasteiger partial charge is 0.497 e. The first-order chi connectivity index (χ1) is 13.7. The Morgan fingerprint density at radius 2 is 1.72 bits per heavy atom.